The fraction of sp³-hybridized carbons (Fsp3) is 0.625. The number of sulfonamides is 1. The SMILES string of the molecule is COc1cc(F)c(S(=O)(=O)NC2CCN(C3CC3)CC2)cc1OC. The number of nitrogens with one attached hydrogen (secondary N) is 1. The molecule has 1 N–H and O–H groups in total. The van der Waals surface area contributed by atoms with Crippen LogP contribution in [0.5, 0.6) is 11.5 Å². The number of piperidine rings is 1. The quantitative estimate of drug-likeness (QED) is 0.839. The number of nitrogens with zero attached hydrogens (tertiary/aromatic N) is 1. The lowest BCUT2D eigenvalue weighted by Crippen LogP contribution is -2.45. The van der Waals surface area contributed by atoms with Gasteiger partial charge in [-0.1, -0.05) is 0 Å². The minimum absolute atomic E-state index is 0.159. The number of likely N-dealkylation sites (tertiary alicyclic amines) is 1. The Morgan fingerprint density at radius 1 is 1.08 bits per heavy atom. The Balaban J connectivity index is 1.73. The van der Waals surface area contributed by atoms with E-state index in [0.29, 0.717) is 6.04 Å². The molecule has 0 bridgehead atoms. The van der Waals surface area contributed by atoms with E-state index in [9.17, 15) is 12.8 Å². The molecular formula is C16H23FN2O4S. The van der Waals surface area contributed by atoms with E-state index in [1.165, 1.54) is 27.1 Å². The Bertz CT molecular complexity index is 698. The summed E-state index contributed by atoms with van der Waals surface area (Å²) in [5.74, 6) is -0.509. The first-order valence-electron chi connectivity index (χ1n) is 8.12. The van der Waals surface area contributed by atoms with Crippen LogP contribution in [0.2, 0.25) is 0 Å². The Morgan fingerprint density at radius 2 is 1.67 bits per heavy atom. The second kappa shape index (κ2) is 6.85. The highest BCUT2D eigenvalue weighted by Crippen LogP contribution is 2.33. The van der Waals surface area contributed by atoms with Crippen LogP contribution in [-0.2, 0) is 10.0 Å². The maximum atomic E-state index is 14.2. The lowest BCUT2D eigenvalue weighted by Gasteiger charge is -2.32. The number of hydrogen-bond donors (Lipinski definition) is 1. The van der Waals surface area contributed by atoms with Gasteiger partial charge in [0.25, 0.3) is 0 Å². The van der Waals surface area contributed by atoms with Crippen LogP contribution in [0.25, 0.3) is 0 Å². The van der Waals surface area contributed by atoms with Gasteiger partial charge in [0.2, 0.25) is 10.0 Å². The molecule has 2 aliphatic rings. The van der Waals surface area contributed by atoms with Gasteiger partial charge < -0.3 is 14.4 Å². The molecule has 134 valence electrons. The van der Waals surface area contributed by atoms with E-state index < -0.39 is 20.7 Å². The lowest BCUT2D eigenvalue weighted by atomic mass is 10.1. The van der Waals surface area contributed by atoms with E-state index in [4.69, 9.17) is 9.47 Å². The fourth-order valence-electron chi connectivity index (χ4n) is 3.15. The van der Waals surface area contributed by atoms with Gasteiger partial charge in [0.05, 0.1) is 14.2 Å². The second-order valence-corrected chi connectivity index (χ2v) is 7.98. The summed E-state index contributed by atoms with van der Waals surface area (Å²) in [6.45, 7) is 1.76. The first-order chi connectivity index (χ1) is 11.4. The van der Waals surface area contributed by atoms with E-state index in [1.807, 2.05) is 0 Å². The average molecular weight is 358 g/mol. The van der Waals surface area contributed by atoms with Gasteiger partial charge in [0.15, 0.2) is 11.5 Å². The third kappa shape index (κ3) is 3.65. The van der Waals surface area contributed by atoms with Crippen LogP contribution in [0.15, 0.2) is 17.0 Å². The zero-order valence-corrected chi connectivity index (χ0v) is 14.7. The van der Waals surface area contributed by atoms with Crippen molar-refractivity contribution in [3.63, 3.8) is 0 Å². The minimum atomic E-state index is -3.95. The third-order valence-corrected chi connectivity index (χ3v) is 6.18. The maximum Gasteiger partial charge on any atom is 0.243 e. The summed E-state index contributed by atoms with van der Waals surface area (Å²) in [6, 6.07) is 2.71. The van der Waals surface area contributed by atoms with Gasteiger partial charge in [-0.15, -0.1) is 0 Å². The summed E-state index contributed by atoms with van der Waals surface area (Å²) in [5, 5.41) is 0. The molecule has 0 aromatic heterocycles. The monoisotopic (exact) mass is 358 g/mol. The Kier molecular flexibility index (Phi) is 4.98. The number of halogens is 1. The molecule has 1 saturated heterocycles. The van der Waals surface area contributed by atoms with E-state index in [0.717, 1.165) is 38.1 Å². The first kappa shape index (κ1) is 17.4. The number of benzene rings is 1. The fourth-order valence-corrected chi connectivity index (χ4v) is 4.53. The summed E-state index contributed by atoms with van der Waals surface area (Å²) >= 11 is 0. The molecule has 1 aromatic rings. The van der Waals surface area contributed by atoms with Crippen molar-refractivity contribution in [2.45, 2.75) is 42.7 Å². The van der Waals surface area contributed by atoms with Crippen molar-refractivity contribution in [1.82, 2.24) is 9.62 Å². The van der Waals surface area contributed by atoms with Crippen LogP contribution in [-0.4, -0.2) is 52.7 Å². The molecule has 3 rings (SSSR count). The number of ether oxygens (including phenoxy) is 2. The zero-order valence-electron chi connectivity index (χ0n) is 13.9. The minimum Gasteiger partial charge on any atom is -0.493 e. The van der Waals surface area contributed by atoms with Gasteiger partial charge in [-0.2, -0.15) is 0 Å². The van der Waals surface area contributed by atoms with E-state index in [2.05, 4.69) is 9.62 Å². The molecule has 24 heavy (non-hydrogen) atoms. The molecule has 0 unspecified atom stereocenters. The maximum absolute atomic E-state index is 14.2. The Morgan fingerprint density at radius 3 is 2.21 bits per heavy atom. The van der Waals surface area contributed by atoms with Crippen molar-refractivity contribution in [3.05, 3.63) is 17.9 Å². The van der Waals surface area contributed by atoms with Crippen LogP contribution < -0.4 is 14.2 Å². The highest BCUT2D eigenvalue weighted by molar-refractivity contribution is 7.89. The normalized spacial score (nSPS) is 20.1. The van der Waals surface area contributed by atoms with Gasteiger partial charge in [-0.3, -0.25) is 0 Å². The Hall–Kier alpha value is -1.38. The van der Waals surface area contributed by atoms with Gasteiger partial charge in [0.1, 0.15) is 10.7 Å². The van der Waals surface area contributed by atoms with Crippen molar-refractivity contribution in [3.8, 4) is 11.5 Å². The molecule has 0 atom stereocenters. The molecule has 0 amide bonds. The van der Waals surface area contributed by atoms with E-state index in [1.54, 1.807) is 0 Å². The summed E-state index contributed by atoms with van der Waals surface area (Å²) in [7, 11) is -1.19. The predicted octanol–water partition coefficient (Wildman–Crippen LogP) is 1.75. The summed E-state index contributed by atoms with van der Waals surface area (Å²) in [4.78, 5) is 1.99. The molecule has 1 heterocycles. The van der Waals surface area contributed by atoms with Crippen LogP contribution in [0.3, 0.4) is 0 Å². The molecule has 1 aliphatic carbocycles. The van der Waals surface area contributed by atoms with Crippen molar-refractivity contribution in [2.75, 3.05) is 27.3 Å². The van der Waals surface area contributed by atoms with Crippen LogP contribution in [0.4, 0.5) is 4.39 Å². The van der Waals surface area contributed by atoms with Gasteiger partial charge >= 0.3 is 0 Å². The lowest BCUT2D eigenvalue weighted by molar-refractivity contribution is 0.199. The number of rotatable bonds is 6. The molecule has 2 fully saturated rings. The summed E-state index contributed by atoms with van der Waals surface area (Å²) in [6.07, 6.45) is 3.97. The number of methoxy groups -OCH3 is 2. The molecule has 1 aromatic carbocycles. The molecule has 8 heteroatoms. The van der Waals surface area contributed by atoms with Crippen molar-refractivity contribution >= 4 is 10.0 Å². The van der Waals surface area contributed by atoms with E-state index >= 15 is 0 Å². The van der Waals surface area contributed by atoms with E-state index in [-0.39, 0.29) is 17.5 Å². The smallest absolute Gasteiger partial charge is 0.243 e. The largest absolute Gasteiger partial charge is 0.493 e. The van der Waals surface area contributed by atoms with Gasteiger partial charge in [-0.05, 0) is 38.8 Å². The van der Waals surface area contributed by atoms with Crippen LogP contribution in [0.1, 0.15) is 25.7 Å². The number of hydrogen-bond acceptors (Lipinski definition) is 5. The van der Waals surface area contributed by atoms with Crippen LogP contribution >= 0.6 is 0 Å². The van der Waals surface area contributed by atoms with Crippen molar-refractivity contribution in [1.29, 1.82) is 0 Å². The first-order valence-corrected chi connectivity index (χ1v) is 9.61. The highest BCUT2D eigenvalue weighted by Gasteiger charge is 2.33. The van der Waals surface area contributed by atoms with Gasteiger partial charge in [0, 0.05) is 24.2 Å². The molecule has 0 spiro atoms. The zero-order chi connectivity index (χ0) is 17.3. The average Bonchev–Trinajstić information content (AvgIpc) is 3.39. The third-order valence-electron chi connectivity index (χ3n) is 4.64. The second-order valence-electron chi connectivity index (χ2n) is 6.30. The molecule has 0 radical (unpaired) electrons. The summed E-state index contributed by atoms with van der Waals surface area (Å²) < 4.78 is 52.0. The van der Waals surface area contributed by atoms with Crippen molar-refractivity contribution in [2.24, 2.45) is 0 Å². The summed E-state index contributed by atoms with van der Waals surface area (Å²) in [5.41, 5.74) is 0. The molecule has 1 aliphatic heterocycles. The van der Waals surface area contributed by atoms with Crippen LogP contribution in [0, 0.1) is 5.82 Å². The molecule has 1 saturated carbocycles. The van der Waals surface area contributed by atoms with Crippen molar-refractivity contribution < 1.29 is 22.3 Å². The highest BCUT2D eigenvalue weighted by atomic mass is 32.2. The Labute approximate surface area is 142 Å². The van der Waals surface area contributed by atoms with Gasteiger partial charge in [-0.25, -0.2) is 17.5 Å². The predicted molar refractivity (Wildman–Crippen MR) is 87.4 cm³/mol. The molecule has 6 nitrogen and oxygen atoms in total. The standard InChI is InChI=1S/C16H23FN2O4S/c1-22-14-9-13(17)16(10-15(14)23-2)24(20,21)18-11-5-7-19(8-6-11)12-3-4-12/h9-12,18H,3-8H2,1-2H3. The topological polar surface area (TPSA) is 67.9 Å². The molecular weight excluding hydrogens is 335 g/mol.